The molecule has 21 heavy (non-hydrogen) atoms. The van der Waals surface area contributed by atoms with E-state index >= 15 is 0 Å². The van der Waals surface area contributed by atoms with Crippen molar-refractivity contribution in [3.8, 4) is 5.75 Å². The molecule has 0 aliphatic carbocycles. The number of anilines is 1. The first-order valence-corrected chi connectivity index (χ1v) is 6.23. The number of nitrogens with zero attached hydrogens (tertiary/aromatic N) is 1. The Morgan fingerprint density at radius 2 is 2.00 bits per heavy atom. The van der Waals surface area contributed by atoms with E-state index in [0.717, 1.165) is 11.6 Å². The van der Waals surface area contributed by atoms with E-state index in [0.29, 0.717) is 11.5 Å². The summed E-state index contributed by atoms with van der Waals surface area (Å²) in [4.78, 5) is 0. The standard InChI is InChI=1S/C14H15F3N2O2/c1-8-11(9(2)21-19-8)7-18-13-5-4-10(20-3)6-12(13)14(15,16)17/h4-6,18H,7H2,1-3H3. The van der Waals surface area contributed by atoms with Gasteiger partial charge in [-0.15, -0.1) is 0 Å². The van der Waals surface area contributed by atoms with Crippen molar-refractivity contribution >= 4 is 5.69 Å². The molecule has 1 heterocycles. The third-order valence-electron chi connectivity index (χ3n) is 3.17. The van der Waals surface area contributed by atoms with Gasteiger partial charge >= 0.3 is 6.18 Å². The van der Waals surface area contributed by atoms with E-state index < -0.39 is 11.7 Å². The maximum atomic E-state index is 13.1. The summed E-state index contributed by atoms with van der Waals surface area (Å²) in [5, 5.41) is 6.55. The molecule has 2 aromatic rings. The summed E-state index contributed by atoms with van der Waals surface area (Å²) >= 11 is 0. The highest BCUT2D eigenvalue weighted by molar-refractivity contribution is 5.56. The number of aromatic nitrogens is 1. The molecule has 2 rings (SSSR count). The Labute approximate surface area is 119 Å². The van der Waals surface area contributed by atoms with Crippen molar-refractivity contribution in [1.29, 1.82) is 0 Å². The second-order valence-corrected chi connectivity index (χ2v) is 4.57. The van der Waals surface area contributed by atoms with Gasteiger partial charge in [0, 0.05) is 17.8 Å². The number of hydrogen-bond donors (Lipinski definition) is 1. The van der Waals surface area contributed by atoms with Crippen molar-refractivity contribution in [1.82, 2.24) is 5.16 Å². The Morgan fingerprint density at radius 1 is 1.29 bits per heavy atom. The third-order valence-corrected chi connectivity index (χ3v) is 3.17. The predicted octanol–water partition coefficient (Wildman–Crippen LogP) is 3.93. The lowest BCUT2D eigenvalue weighted by molar-refractivity contribution is -0.137. The summed E-state index contributed by atoms with van der Waals surface area (Å²) in [5.74, 6) is 0.743. The lowest BCUT2D eigenvalue weighted by Gasteiger charge is -2.15. The third kappa shape index (κ3) is 3.29. The zero-order valence-corrected chi connectivity index (χ0v) is 11.8. The number of alkyl halides is 3. The minimum absolute atomic E-state index is 0.0108. The second-order valence-electron chi connectivity index (χ2n) is 4.57. The molecule has 0 aliphatic heterocycles. The van der Waals surface area contributed by atoms with Crippen molar-refractivity contribution in [3.63, 3.8) is 0 Å². The fraction of sp³-hybridized carbons (Fsp3) is 0.357. The van der Waals surface area contributed by atoms with Crippen LogP contribution in [0.15, 0.2) is 22.7 Å². The molecule has 0 bridgehead atoms. The Hall–Kier alpha value is -2.18. The van der Waals surface area contributed by atoms with Gasteiger partial charge in [0.1, 0.15) is 11.5 Å². The molecule has 1 aromatic heterocycles. The van der Waals surface area contributed by atoms with Crippen LogP contribution in [0, 0.1) is 13.8 Å². The zero-order chi connectivity index (χ0) is 15.6. The molecule has 0 fully saturated rings. The number of aryl methyl sites for hydroxylation is 2. The quantitative estimate of drug-likeness (QED) is 0.929. The molecule has 1 N–H and O–H groups in total. The Bertz CT molecular complexity index is 616. The fourth-order valence-electron chi connectivity index (χ4n) is 1.98. The predicted molar refractivity (Wildman–Crippen MR) is 71.3 cm³/mol. The molecule has 4 nitrogen and oxygen atoms in total. The van der Waals surface area contributed by atoms with Crippen LogP contribution in [0.3, 0.4) is 0 Å². The summed E-state index contributed by atoms with van der Waals surface area (Å²) in [7, 11) is 1.33. The number of benzene rings is 1. The maximum Gasteiger partial charge on any atom is 0.418 e. The van der Waals surface area contributed by atoms with Crippen molar-refractivity contribution in [2.75, 3.05) is 12.4 Å². The first-order chi connectivity index (χ1) is 9.82. The smallest absolute Gasteiger partial charge is 0.418 e. The summed E-state index contributed by atoms with van der Waals surface area (Å²) in [6, 6.07) is 3.79. The summed E-state index contributed by atoms with van der Waals surface area (Å²) in [5.41, 5.74) is 0.623. The first-order valence-electron chi connectivity index (χ1n) is 6.23. The van der Waals surface area contributed by atoms with Crippen molar-refractivity contribution < 1.29 is 22.4 Å². The van der Waals surface area contributed by atoms with Crippen LogP contribution >= 0.6 is 0 Å². The highest BCUT2D eigenvalue weighted by atomic mass is 19.4. The molecule has 114 valence electrons. The number of methoxy groups -OCH3 is 1. The van der Waals surface area contributed by atoms with Gasteiger partial charge in [0.15, 0.2) is 0 Å². The molecule has 0 spiro atoms. The Balaban J connectivity index is 2.28. The number of halogens is 3. The molecule has 0 aliphatic rings. The summed E-state index contributed by atoms with van der Waals surface area (Å²) in [6.45, 7) is 3.67. The van der Waals surface area contributed by atoms with Gasteiger partial charge in [-0.1, -0.05) is 5.16 Å². The van der Waals surface area contributed by atoms with Crippen LogP contribution < -0.4 is 10.1 Å². The minimum Gasteiger partial charge on any atom is -0.497 e. The largest absolute Gasteiger partial charge is 0.497 e. The van der Waals surface area contributed by atoms with Crippen molar-refractivity contribution in [2.45, 2.75) is 26.6 Å². The Morgan fingerprint density at radius 3 is 2.52 bits per heavy atom. The fourth-order valence-corrected chi connectivity index (χ4v) is 1.98. The van der Waals surface area contributed by atoms with E-state index in [-0.39, 0.29) is 18.0 Å². The van der Waals surface area contributed by atoms with Gasteiger partial charge in [0.25, 0.3) is 0 Å². The van der Waals surface area contributed by atoms with Gasteiger partial charge < -0.3 is 14.6 Å². The van der Waals surface area contributed by atoms with Gasteiger partial charge in [-0.25, -0.2) is 0 Å². The zero-order valence-electron chi connectivity index (χ0n) is 11.8. The molecule has 0 unspecified atom stereocenters. The number of rotatable bonds is 4. The molecule has 7 heteroatoms. The minimum atomic E-state index is -4.46. The van der Waals surface area contributed by atoms with E-state index in [4.69, 9.17) is 9.26 Å². The first kappa shape index (κ1) is 15.2. The average molecular weight is 300 g/mol. The molecule has 0 radical (unpaired) electrons. The summed E-state index contributed by atoms with van der Waals surface area (Å²) < 4.78 is 49.0. The highest BCUT2D eigenvalue weighted by Gasteiger charge is 2.34. The normalized spacial score (nSPS) is 11.5. The number of nitrogens with one attached hydrogen (secondary N) is 1. The van der Waals surface area contributed by atoms with E-state index in [9.17, 15) is 13.2 Å². The maximum absolute atomic E-state index is 13.1. The van der Waals surface area contributed by atoms with Crippen LogP contribution in [0.25, 0.3) is 0 Å². The van der Waals surface area contributed by atoms with E-state index in [1.54, 1.807) is 13.8 Å². The molecule has 1 aromatic carbocycles. The molecular formula is C14H15F3N2O2. The van der Waals surface area contributed by atoms with Gasteiger partial charge in [-0.05, 0) is 32.0 Å². The molecule has 0 saturated heterocycles. The highest BCUT2D eigenvalue weighted by Crippen LogP contribution is 2.37. The van der Waals surface area contributed by atoms with Gasteiger partial charge in [0.05, 0.1) is 18.4 Å². The van der Waals surface area contributed by atoms with Crippen LogP contribution in [-0.2, 0) is 12.7 Å². The van der Waals surface area contributed by atoms with E-state index in [1.165, 1.54) is 19.2 Å². The van der Waals surface area contributed by atoms with Crippen molar-refractivity contribution in [3.05, 3.63) is 40.8 Å². The summed E-state index contributed by atoms with van der Waals surface area (Å²) in [6.07, 6.45) is -4.46. The molecule has 0 saturated carbocycles. The Kier molecular flexibility index (Phi) is 4.11. The van der Waals surface area contributed by atoms with Gasteiger partial charge in [0.2, 0.25) is 0 Å². The molecular weight excluding hydrogens is 285 g/mol. The van der Waals surface area contributed by atoms with Crippen LogP contribution in [0.2, 0.25) is 0 Å². The molecule has 0 amide bonds. The van der Waals surface area contributed by atoms with E-state index in [1.807, 2.05) is 0 Å². The monoisotopic (exact) mass is 300 g/mol. The number of hydrogen-bond acceptors (Lipinski definition) is 4. The van der Waals surface area contributed by atoms with Gasteiger partial charge in [-0.3, -0.25) is 0 Å². The average Bonchev–Trinajstić information content (AvgIpc) is 2.74. The lowest BCUT2D eigenvalue weighted by atomic mass is 10.1. The second kappa shape index (κ2) is 5.67. The van der Waals surface area contributed by atoms with Crippen molar-refractivity contribution in [2.24, 2.45) is 0 Å². The van der Waals surface area contributed by atoms with E-state index in [2.05, 4.69) is 10.5 Å². The molecule has 0 atom stereocenters. The number of ether oxygens (including phenoxy) is 1. The van der Waals surface area contributed by atoms with Gasteiger partial charge in [-0.2, -0.15) is 13.2 Å². The topological polar surface area (TPSA) is 47.3 Å². The lowest BCUT2D eigenvalue weighted by Crippen LogP contribution is -2.11. The van der Waals surface area contributed by atoms with Crippen LogP contribution in [0.1, 0.15) is 22.6 Å². The van der Waals surface area contributed by atoms with Crippen LogP contribution in [0.5, 0.6) is 5.75 Å². The SMILES string of the molecule is COc1ccc(NCc2c(C)noc2C)c(C(F)(F)F)c1. The van der Waals surface area contributed by atoms with Crippen LogP contribution in [-0.4, -0.2) is 12.3 Å². The van der Waals surface area contributed by atoms with Crippen LogP contribution in [0.4, 0.5) is 18.9 Å².